The highest BCUT2D eigenvalue weighted by Crippen LogP contribution is 2.31. The zero-order valence-electron chi connectivity index (χ0n) is 9.63. The van der Waals surface area contributed by atoms with Crippen LogP contribution in [0.25, 0.3) is 0 Å². The van der Waals surface area contributed by atoms with Crippen molar-refractivity contribution in [1.82, 2.24) is 15.5 Å². The van der Waals surface area contributed by atoms with Crippen molar-refractivity contribution in [3.8, 4) is 0 Å². The van der Waals surface area contributed by atoms with Gasteiger partial charge < -0.3 is 10.4 Å². The second-order valence-corrected chi connectivity index (χ2v) is 4.50. The number of carbonyl (C=O) groups is 2. The molecule has 2 N–H and O–H groups in total. The standard InChI is InChI=1S/C9H6Cl2F3N3O3/c1-8(7(19)20,9(12,13)14)15-6(18)3-2-4(10)16-17-5(3)11/h2H,1H3,(H,15,18)(H,19,20). The number of nitrogens with one attached hydrogen (secondary N) is 1. The predicted molar refractivity (Wildman–Crippen MR) is 61.6 cm³/mol. The van der Waals surface area contributed by atoms with Crippen molar-refractivity contribution in [3.63, 3.8) is 0 Å². The van der Waals surface area contributed by atoms with Gasteiger partial charge in [0.15, 0.2) is 10.3 Å². The summed E-state index contributed by atoms with van der Waals surface area (Å²) in [6.07, 6.45) is -5.22. The highest BCUT2D eigenvalue weighted by molar-refractivity contribution is 6.34. The molecule has 0 aliphatic heterocycles. The molecule has 0 saturated carbocycles. The number of hydrogen-bond acceptors (Lipinski definition) is 4. The molecule has 20 heavy (non-hydrogen) atoms. The van der Waals surface area contributed by atoms with Crippen LogP contribution in [-0.4, -0.2) is 38.9 Å². The minimum absolute atomic E-state index is 0.288. The smallest absolute Gasteiger partial charge is 0.422 e. The van der Waals surface area contributed by atoms with Gasteiger partial charge in [0, 0.05) is 0 Å². The molecule has 1 atom stereocenters. The largest absolute Gasteiger partial charge is 0.479 e. The average Bonchev–Trinajstić information content (AvgIpc) is 2.30. The van der Waals surface area contributed by atoms with Gasteiger partial charge in [-0.05, 0) is 13.0 Å². The quantitative estimate of drug-likeness (QED) is 0.882. The summed E-state index contributed by atoms with van der Waals surface area (Å²) in [5.41, 5.74) is -4.01. The Kier molecular flexibility index (Phi) is 4.45. The summed E-state index contributed by atoms with van der Waals surface area (Å²) in [6, 6.07) is 0.866. The predicted octanol–water partition coefficient (Wildman–Crippen LogP) is 1.92. The van der Waals surface area contributed by atoms with Crippen LogP contribution in [0.1, 0.15) is 17.3 Å². The highest BCUT2D eigenvalue weighted by Gasteiger charge is 2.58. The third kappa shape index (κ3) is 3.10. The van der Waals surface area contributed by atoms with E-state index in [1.165, 1.54) is 5.32 Å². The summed E-state index contributed by atoms with van der Waals surface area (Å²) in [7, 11) is 0. The van der Waals surface area contributed by atoms with E-state index >= 15 is 0 Å². The van der Waals surface area contributed by atoms with Gasteiger partial charge in [0.1, 0.15) is 0 Å². The van der Waals surface area contributed by atoms with Crippen molar-refractivity contribution in [3.05, 3.63) is 21.9 Å². The molecule has 0 spiro atoms. The van der Waals surface area contributed by atoms with E-state index in [1.54, 1.807) is 0 Å². The molecule has 0 radical (unpaired) electrons. The fourth-order valence-corrected chi connectivity index (χ4v) is 1.38. The second-order valence-electron chi connectivity index (χ2n) is 3.75. The molecule has 1 rings (SSSR count). The highest BCUT2D eigenvalue weighted by atomic mass is 35.5. The van der Waals surface area contributed by atoms with Gasteiger partial charge in [-0.25, -0.2) is 4.79 Å². The topological polar surface area (TPSA) is 92.2 Å². The molecule has 1 aromatic heterocycles. The van der Waals surface area contributed by atoms with Crippen molar-refractivity contribution < 1.29 is 27.9 Å². The Morgan fingerprint density at radius 1 is 1.30 bits per heavy atom. The third-order valence-electron chi connectivity index (χ3n) is 2.32. The summed E-state index contributed by atoms with van der Waals surface area (Å²) in [5.74, 6) is -3.67. The molecule has 1 heterocycles. The van der Waals surface area contributed by atoms with Crippen LogP contribution in [0.3, 0.4) is 0 Å². The van der Waals surface area contributed by atoms with Crippen molar-refractivity contribution in [1.29, 1.82) is 0 Å². The molecule has 0 bridgehead atoms. The fourth-order valence-electron chi connectivity index (χ4n) is 1.05. The van der Waals surface area contributed by atoms with Gasteiger partial charge in [-0.2, -0.15) is 13.2 Å². The summed E-state index contributed by atoms with van der Waals surface area (Å²) in [4.78, 5) is 22.5. The molecule has 0 fully saturated rings. The molecule has 0 aliphatic carbocycles. The number of carboxylic acid groups (broad SMARTS) is 1. The molecule has 1 unspecified atom stereocenters. The Balaban J connectivity index is 3.16. The molecule has 1 amide bonds. The van der Waals surface area contributed by atoms with E-state index in [0.717, 1.165) is 6.07 Å². The maximum atomic E-state index is 12.7. The molecule has 110 valence electrons. The molecule has 11 heteroatoms. The van der Waals surface area contributed by atoms with E-state index in [4.69, 9.17) is 28.3 Å². The lowest BCUT2D eigenvalue weighted by Crippen LogP contribution is -2.61. The van der Waals surface area contributed by atoms with E-state index < -0.39 is 34.3 Å². The third-order valence-corrected chi connectivity index (χ3v) is 2.79. The minimum Gasteiger partial charge on any atom is -0.479 e. The van der Waals surface area contributed by atoms with Gasteiger partial charge in [0.25, 0.3) is 5.91 Å². The number of carboxylic acids is 1. The lowest BCUT2D eigenvalue weighted by molar-refractivity contribution is -0.203. The van der Waals surface area contributed by atoms with Crippen LogP contribution in [0.2, 0.25) is 10.3 Å². The SMILES string of the molecule is CC(NC(=O)c1cc(Cl)nnc1Cl)(C(=O)O)C(F)(F)F. The van der Waals surface area contributed by atoms with Crippen molar-refractivity contribution in [2.45, 2.75) is 18.6 Å². The Morgan fingerprint density at radius 3 is 2.30 bits per heavy atom. The van der Waals surface area contributed by atoms with Gasteiger partial charge in [0.05, 0.1) is 5.56 Å². The number of rotatable bonds is 3. The number of alkyl halides is 3. The molecular weight excluding hydrogens is 326 g/mol. The number of hydrogen-bond donors (Lipinski definition) is 2. The van der Waals surface area contributed by atoms with Gasteiger partial charge in [-0.3, -0.25) is 4.79 Å². The first-order valence-corrected chi connectivity index (χ1v) is 5.56. The lowest BCUT2D eigenvalue weighted by Gasteiger charge is -2.28. The van der Waals surface area contributed by atoms with E-state index in [-0.39, 0.29) is 5.15 Å². The van der Waals surface area contributed by atoms with Gasteiger partial charge in [0.2, 0.25) is 5.54 Å². The molecule has 6 nitrogen and oxygen atoms in total. The molecule has 1 aromatic rings. The van der Waals surface area contributed by atoms with Crippen LogP contribution in [0.15, 0.2) is 6.07 Å². The monoisotopic (exact) mass is 331 g/mol. The van der Waals surface area contributed by atoms with Crippen LogP contribution < -0.4 is 5.32 Å². The summed E-state index contributed by atoms with van der Waals surface area (Å²) < 4.78 is 38.2. The second kappa shape index (κ2) is 5.41. The van der Waals surface area contributed by atoms with Gasteiger partial charge >= 0.3 is 12.1 Å². The number of nitrogens with zero attached hydrogens (tertiary/aromatic N) is 2. The maximum Gasteiger partial charge on any atom is 0.422 e. The van der Waals surface area contributed by atoms with E-state index in [2.05, 4.69) is 10.2 Å². The van der Waals surface area contributed by atoms with Crippen LogP contribution in [0.5, 0.6) is 0 Å². The zero-order chi connectivity index (χ0) is 15.7. The van der Waals surface area contributed by atoms with Crippen LogP contribution >= 0.6 is 23.2 Å². The Hall–Kier alpha value is -1.61. The lowest BCUT2D eigenvalue weighted by atomic mass is 10.0. The fraction of sp³-hybridized carbons (Fsp3) is 0.333. The zero-order valence-corrected chi connectivity index (χ0v) is 11.1. The van der Waals surface area contributed by atoms with Crippen LogP contribution in [-0.2, 0) is 4.79 Å². The summed E-state index contributed by atoms with van der Waals surface area (Å²) >= 11 is 10.9. The number of aliphatic carboxylic acids is 1. The Labute approximate surface area is 119 Å². The van der Waals surface area contributed by atoms with E-state index in [0.29, 0.717) is 6.92 Å². The molecule has 0 aromatic carbocycles. The normalized spacial score (nSPS) is 14.5. The van der Waals surface area contributed by atoms with Crippen molar-refractivity contribution >= 4 is 35.1 Å². The maximum absolute atomic E-state index is 12.7. The number of amides is 1. The van der Waals surface area contributed by atoms with E-state index in [1.807, 2.05) is 0 Å². The first-order valence-electron chi connectivity index (χ1n) is 4.80. The van der Waals surface area contributed by atoms with Crippen LogP contribution in [0, 0.1) is 0 Å². The number of carbonyl (C=O) groups excluding carboxylic acids is 1. The Bertz CT molecular complexity index is 567. The summed E-state index contributed by atoms with van der Waals surface area (Å²) in [6.45, 7) is 0.303. The Morgan fingerprint density at radius 2 is 1.85 bits per heavy atom. The van der Waals surface area contributed by atoms with Gasteiger partial charge in [-0.1, -0.05) is 23.2 Å². The summed E-state index contributed by atoms with van der Waals surface area (Å²) in [5, 5.41) is 15.7. The van der Waals surface area contributed by atoms with E-state index in [9.17, 15) is 22.8 Å². The van der Waals surface area contributed by atoms with Crippen LogP contribution in [0.4, 0.5) is 13.2 Å². The molecular formula is C9H6Cl2F3N3O3. The van der Waals surface area contributed by atoms with Gasteiger partial charge in [-0.15, -0.1) is 10.2 Å². The van der Waals surface area contributed by atoms with Crippen molar-refractivity contribution in [2.75, 3.05) is 0 Å². The average molecular weight is 332 g/mol. The first kappa shape index (κ1) is 16.4. The first-order chi connectivity index (χ1) is 8.99. The number of aromatic nitrogens is 2. The molecule has 0 aliphatic rings. The molecule has 0 saturated heterocycles. The van der Waals surface area contributed by atoms with Crippen molar-refractivity contribution in [2.24, 2.45) is 0 Å². The number of halogens is 5. The minimum atomic E-state index is -5.22.